The van der Waals surface area contributed by atoms with E-state index in [-0.39, 0.29) is 29.5 Å². The molecule has 0 aromatic heterocycles. The van der Waals surface area contributed by atoms with E-state index in [1.54, 1.807) is 6.08 Å². The zero-order valence-electron chi connectivity index (χ0n) is 18.3. The van der Waals surface area contributed by atoms with Crippen LogP contribution in [0.4, 0.5) is 4.39 Å². The number of aliphatic hydroxyl groups excluding tert-OH is 1. The summed E-state index contributed by atoms with van der Waals surface area (Å²) in [5, 5.41) is 9.93. The summed E-state index contributed by atoms with van der Waals surface area (Å²) in [5.74, 6) is 0.220. The third kappa shape index (κ3) is 2.73. The Kier molecular flexibility index (Phi) is 4.68. The molecule has 8 atom stereocenters. The molecule has 0 amide bonds. The number of rotatable bonds is 2. The van der Waals surface area contributed by atoms with Crippen LogP contribution in [-0.4, -0.2) is 39.7 Å². The van der Waals surface area contributed by atoms with Gasteiger partial charge >= 0.3 is 0 Å². The highest BCUT2D eigenvalue weighted by molar-refractivity contribution is 6.51. The highest BCUT2D eigenvalue weighted by atomic mass is 35.5. The van der Waals surface area contributed by atoms with Gasteiger partial charge in [0.15, 0.2) is 10.1 Å². The van der Waals surface area contributed by atoms with Crippen molar-refractivity contribution in [2.24, 2.45) is 28.6 Å². The molecule has 5 rings (SSSR count). The van der Waals surface area contributed by atoms with Crippen molar-refractivity contribution < 1.29 is 19.0 Å². The molecule has 0 radical (unpaired) electrons. The molecule has 6 heteroatoms. The Hall–Kier alpha value is -0.130. The Morgan fingerprint density at radius 3 is 2.57 bits per heavy atom. The molecule has 0 aromatic carbocycles. The highest BCUT2D eigenvalue weighted by Crippen LogP contribution is 2.71. The molecular formula is C24H33Cl2FO3. The Labute approximate surface area is 189 Å². The van der Waals surface area contributed by atoms with Crippen molar-refractivity contribution >= 4 is 23.2 Å². The molecule has 1 heterocycles. The zero-order valence-corrected chi connectivity index (χ0v) is 19.8. The molecule has 1 aliphatic heterocycles. The molecular weight excluding hydrogens is 426 g/mol. The second-order valence-electron chi connectivity index (χ2n) is 11.1. The summed E-state index contributed by atoms with van der Waals surface area (Å²) in [4.78, 5) is 0. The van der Waals surface area contributed by atoms with Crippen molar-refractivity contribution in [1.82, 2.24) is 0 Å². The standard InChI is InChI=1S/C24H33Cl2FO3/c1-20(2)29-19-12-16-14-11-18(27)17-13-23(25,26)8-7-21(17,3)15(14)5-6-22(16,4)24(19,30-20)9-10-28/h7-8,13-16,18-19,28H,5-6,9-12H2,1-4H3/t14-,15+,16+,18+,19-,21-,22+,24-/m1/s1. The number of ether oxygens (including phenoxy) is 2. The Morgan fingerprint density at radius 2 is 1.87 bits per heavy atom. The largest absolute Gasteiger partial charge is 0.396 e. The summed E-state index contributed by atoms with van der Waals surface area (Å²) in [6.07, 6.45) is 8.39. The lowest BCUT2D eigenvalue weighted by molar-refractivity contribution is -0.219. The van der Waals surface area contributed by atoms with E-state index in [2.05, 4.69) is 19.9 Å². The SMILES string of the molecule is CC1(C)O[C@@H]2C[C@H]3[C@@H]4C[C@H](F)C5=CC(Cl)(Cl)C=C[C@]5(C)[C@H]4CC[C@]3(C)[C@]2(CCO)O1. The molecule has 4 fully saturated rings. The topological polar surface area (TPSA) is 38.7 Å². The molecule has 0 aromatic rings. The fourth-order valence-corrected chi connectivity index (χ4v) is 8.51. The minimum atomic E-state index is -1.13. The maximum atomic E-state index is 15.6. The van der Waals surface area contributed by atoms with Gasteiger partial charge < -0.3 is 14.6 Å². The van der Waals surface area contributed by atoms with E-state index >= 15 is 4.39 Å². The molecule has 3 nitrogen and oxygen atoms in total. The minimum absolute atomic E-state index is 0.0589. The molecule has 1 saturated heterocycles. The predicted molar refractivity (Wildman–Crippen MR) is 116 cm³/mol. The molecule has 3 saturated carbocycles. The normalized spacial score (nSPS) is 52.8. The maximum absolute atomic E-state index is 15.6. The second kappa shape index (κ2) is 6.47. The number of fused-ring (bicyclic) bond motifs is 7. The van der Waals surface area contributed by atoms with E-state index in [4.69, 9.17) is 32.7 Å². The summed E-state index contributed by atoms with van der Waals surface area (Å²) in [5.41, 5.74) is -0.266. The van der Waals surface area contributed by atoms with Crippen molar-refractivity contribution in [2.45, 2.75) is 87.8 Å². The molecule has 1 N–H and O–H groups in total. The molecule has 0 bridgehead atoms. The highest BCUT2D eigenvalue weighted by Gasteiger charge is 2.73. The Bertz CT molecular complexity index is 810. The molecule has 168 valence electrons. The molecule has 5 aliphatic rings. The fourth-order valence-electron chi connectivity index (χ4n) is 8.15. The number of allylic oxidation sites excluding steroid dienone is 4. The van der Waals surface area contributed by atoms with Crippen LogP contribution in [0.3, 0.4) is 0 Å². The van der Waals surface area contributed by atoms with Gasteiger partial charge in [-0.05, 0) is 75.0 Å². The monoisotopic (exact) mass is 458 g/mol. The fraction of sp³-hybridized carbons (Fsp3) is 0.833. The van der Waals surface area contributed by atoms with Gasteiger partial charge in [0.05, 0.1) is 6.10 Å². The van der Waals surface area contributed by atoms with Crippen LogP contribution in [0, 0.1) is 28.6 Å². The van der Waals surface area contributed by atoms with E-state index in [9.17, 15) is 5.11 Å². The first kappa shape index (κ1) is 21.7. The number of hydrogen-bond acceptors (Lipinski definition) is 3. The molecule has 0 spiro atoms. The first-order chi connectivity index (χ1) is 13.9. The second-order valence-corrected chi connectivity index (χ2v) is 12.6. The minimum Gasteiger partial charge on any atom is -0.396 e. The Balaban J connectivity index is 1.54. The average Bonchev–Trinajstić information content (AvgIpc) is 3.02. The van der Waals surface area contributed by atoms with Gasteiger partial charge in [-0.25, -0.2) is 4.39 Å². The lowest BCUT2D eigenvalue weighted by Gasteiger charge is -2.59. The van der Waals surface area contributed by atoms with Crippen molar-refractivity contribution in [3.8, 4) is 0 Å². The summed E-state index contributed by atoms with van der Waals surface area (Å²) in [6.45, 7) is 8.44. The summed E-state index contributed by atoms with van der Waals surface area (Å²) >= 11 is 12.7. The van der Waals surface area contributed by atoms with Gasteiger partial charge in [-0.1, -0.05) is 43.1 Å². The van der Waals surface area contributed by atoms with Crippen LogP contribution in [0.5, 0.6) is 0 Å². The van der Waals surface area contributed by atoms with Crippen LogP contribution < -0.4 is 0 Å². The quantitative estimate of drug-likeness (QED) is 0.424. The number of alkyl halides is 3. The van der Waals surface area contributed by atoms with Crippen molar-refractivity contribution in [1.29, 1.82) is 0 Å². The van der Waals surface area contributed by atoms with Gasteiger partial charge in [-0.15, -0.1) is 0 Å². The maximum Gasteiger partial charge on any atom is 0.164 e. The lowest BCUT2D eigenvalue weighted by Crippen LogP contribution is -2.58. The third-order valence-electron chi connectivity index (χ3n) is 9.33. The Morgan fingerprint density at radius 1 is 1.13 bits per heavy atom. The van der Waals surface area contributed by atoms with Crippen LogP contribution in [0.15, 0.2) is 23.8 Å². The molecule has 4 aliphatic carbocycles. The summed E-state index contributed by atoms with van der Waals surface area (Å²) in [6, 6.07) is 0. The average molecular weight is 459 g/mol. The van der Waals surface area contributed by atoms with Crippen LogP contribution in [0.2, 0.25) is 0 Å². The van der Waals surface area contributed by atoms with Crippen LogP contribution in [0.1, 0.15) is 59.8 Å². The van der Waals surface area contributed by atoms with E-state index in [0.717, 1.165) is 24.8 Å². The van der Waals surface area contributed by atoms with Gasteiger partial charge in [0.2, 0.25) is 0 Å². The van der Waals surface area contributed by atoms with Gasteiger partial charge in [0.1, 0.15) is 11.8 Å². The number of aliphatic hydroxyl groups is 1. The van der Waals surface area contributed by atoms with Gasteiger partial charge in [0, 0.05) is 23.9 Å². The van der Waals surface area contributed by atoms with Gasteiger partial charge in [-0.3, -0.25) is 0 Å². The van der Waals surface area contributed by atoms with Crippen LogP contribution >= 0.6 is 23.2 Å². The van der Waals surface area contributed by atoms with Crippen molar-refractivity contribution in [2.75, 3.05) is 6.61 Å². The summed E-state index contributed by atoms with van der Waals surface area (Å²) in [7, 11) is 0. The van der Waals surface area contributed by atoms with Crippen molar-refractivity contribution in [3.05, 3.63) is 23.8 Å². The molecule has 30 heavy (non-hydrogen) atoms. The van der Waals surface area contributed by atoms with E-state index in [0.29, 0.717) is 24.7 Å². The van der Waals surface area contributed by atoms with Gasteiger partial charge in [0.25, 0.3) is 0 Å². The number of halogens is 3. The molecule has 0 unspecified atom stereocenters. The van der Waals surface area contributed by atoms with E-state index in [1.807, 2.05) is 19.9 Å². The van der Waals surface area contributed by atoms with Crippen LogP contribution in [0.25, 0.3) is 0 Å². The third-order valence-corrected chi connectivity index (χ3v) is 9.80. The number of hydrogen-bond donors (Lipinski definition) is 1. The zero-order chi connectivity index (χ0) is 21.7. The van der Waals surface area contributed by atoms with Gasteiger partial charge in [-0.2, -0.15) is 0 Å². The van der Waals surface area contributed by atoms with E-state index in [1.165, 1.54) is 0 Å². The lowest BCUT2D eigenvalue weighted by atomic mass is 9.47. The first-order valence-corrected chi connectivity index (χ1v) is 12.1. The smallest absolute Gasteiger partial charge is 0.164 e. The van der Waals surface area contributed by atoms with Crippen molar-refractivity contribution in [3.63, 3.8) is 0 Å². The van der Waals surface area contributed by atoms with Crippen LogP contribution in [-0.2, 0) is 9.47 Å². The van der Waals surface area contributed by atoms with E-state index < -0.39 is 21.9 Å². The first-order valence-electron chi connectivity index (χ1n) is 11.3. The predicted octanol–water partition coefficient (Wildman–Crippen LogP) is 5.73. The summed E-state index contributed by atoms with van der Waals surface area (Å²) < 4.78 is 27.4.